The second kappa shape index (κ2) is 13.6. The molecular formula is C22H44N2. The summed E-state index contributed by atoms with van der Waals surface area (Å²) >= 11 is 0. The Hall–Kier alpha value is -0.660. The SMILES string of the molecule is CC(C)C(=NCCCCCCCCN=C(C(C)C)C(C)C)C(C)C. The fraction of sp³-hybridized carbons (Fsp3) is 0.909. The van der Waals surface area contributed by atoms with Crippen LogP contribution >= 0.6 is 0 Å². The lowest BCUT2D eigenvalue weighted by Crippen LogP contribution is -2.15. The average molecular weight is 337 g/mol. The van der Waals surface area contributed by atoms with E-state index in [1.54, 1.807) is 0 Å². The van der Waals surface area contributed by atoms with Gasteiger partial charge in [-0.2, -0.15) is 0 Å². The van der Waals surface area contributed by atoms with Gasteiger partial charge in [0.05, 0.1) is 0 Å². The highest BCUT2D eigenvalue weighted by Crippen LogP contribution is 2.11. The smallest absolute Gasteiger partial charge is 0.0388 e. The highest BCUT2D eigenvalue weighted by molar-refractivity contribution is 5.88. The van der Waals surface area contributed by atoms with Crippen LogP contribution in [0.4, 0.5) is 0 Å². The van der Waals surface area contributed by atoms with E-state index in [2.05, 4.69) is 55.4 Å². The first kappa shape index (κ1) is 23.3. The van der Waals surface area contributed by atoms with Gasteiger partial charge in [-0.1, -0.05) is 81.1 Å². The minimum Gasteiger partial charge on any atom is -0.294 e. The van der Waals surface area contributed by atoms with Gasteiger partial charge in [-0.15, -0.1) is 0 Å². The number of unbranched alkanes of at least 4 members (excludes halogenated alkanes) is 5. The predicted molar refractivity (Wildman–Crippen MR) is 112 cm³/mol. The summed E-state index contributed by atoms with van der Waals surface area (Å²) in [5, 5.41) is 0. The lowest BCUT2D eigenvalue weighted by atomic mass is 9.97. The fourth-order valence-corrected chi connectivity index (χ4v) is 3.41. The summed E-state index contributed by atoms with van der Waals surface area (Å²) in [5.74, 6) is 2.36. The van der Waals surface area contributed by atoms with Crippen LogP contribution < -0.4 is 0 Å². The molecule has 24 heavy (non-hydrogen) atoms. The maximum Gasteiger partial charge on any atom is 0.0388 e. The van der Waals surface area contributed by atoms with Crippen molar-refractivity contribution in [2.75, 3.05) is 13.1 Å². The van der Waals surface area contributed by atoms with Gasteiger partial charge in [0.25, 0.3) is 0 Å². The Kier molecular flexibility index (Phi) is 13.2. The Morgan fingerprint density at radius 2 is 0.708 bits per heavy atom. The summed E-state index contributed by atoms with van der Waals surface area (Å²) in [5.41, 5.74) is 2.78. The van der Waals surface area contributed by atoms with E-state index in [1.807, 2.05) is 0 Å². The average Bonchev–Trinajstić information content (AvgIpc) is 2.46. The first-order chi connectivity index (χ1) is 11.3. The van der Waals surface area contributed by atoms with Gasteiger partial charge >= 0.3 is 0 Å². The predicted octanol–water partition coefficient (Wildman–Crippen LogP) is 6.83. The molecule has 0 aromatic rings. The van der Waals surface area contributed by atoms with Crippen molar-refractivity contribution in [1.29, 1.82) is 0 Å². The van der Waals surface area contributed by atoms with Crippen LogP contribution in [0, 0.1) is 23.7 Å². The Bertz CT molecular complexity index is 306. The van der Waals surface area contributed by atoms with Crippen LogP contribution in [-0.2, 0) is 0 Å². The third kappa shape index (κ3) is 11.0. The number of aliphatic imine (C=N–C) groups is 2. The van der Waals surface area contributed by atoms with Gasteiger partial charge in [0.2, 0.25) is 0 Å². The van der Waals surface area contributed by atoms with Crippen molar-refractivity contribution in [2.24, 2.45) is 33.7 Å². The second-order valence-corrected chi connectivity index (χ2v) is 8.35. The van der Waals surface area contributed by atoms with Crippen LogP contribution in [0.15, 0.2) is 9.98 Å². The van der Waals surface area contributed by atoms with E-state index in [4.69, 9.17) is 9.98 Å². The van der Waals surface area contributed by atoms with E-state index in [-0.39, 0.29) is 0 Å². The van der Waals surface area contributed by atoms with E-state index in [1.165, 1.54) is 49.9 Å². The molecule has 0 atom stereocenters. The molecule has 0 aliphatic rings. The highest BCUT2D eigenvalue weighted by Gasteiger charge is 2.09. The van der Waals surface area contributed by atoms with Gasteiger partial charge in [-0.05, 0) is 36.5 Å². The standard InChI is InChI=1S/C22H44N2/c1-17(2)21(18(3)4)23-15-13-11-9-10-12-14-16-24-22(19(5)6)20(7)8/h17-20H,9-16H2,1-8H3. The largest absolute Gasteiger partial charge is 0.294 e. The Balaban J connectivity index is 3.75. The zero-order valence-corrected chi connectivity index (χ0v) is 17.9. The van der Waals surface area contributed by atoms with Crippen LogP contribution in [0.25, 0.3) is 0 Å². The molecule has 142 valence electrons. The van der Waals surface area contributed by atoms with Crippen LogP contribution in [0.3, 0.4) is 0 Å². The summed E-state index contributed by atoms with van der Waals surface area (Å²) in [6, 6.07) is 0. The Morgan fingerprint density at radius 3 is 0.958 bits per heavy atom. The van der Waals surface area contributed by atoms with E-state index >= 15 is 0 Å². The zero-order valence-electron chi connectivity index (χ0n) is 17.9. The molecular weight excluding hydrogens is 292 g/mol. The normalized spacial score (nSPS) is 11.7. The van der Waals surface area contributed by atoms with Crippen molar-refractivity contribution < 1.29 is 0 Å². The molecule has 0 saturated carbocycles. The lowest BCUT2D eigenvalue weighted by Gasteiger charge is -2.14. The highest BCUT2D eigenvalue weighted by atomic mass is 14.7. The van der Waals surface area contributed by atoms with E-state index in [0.717, 1.165) is 13.1 Å². The van der Waals surface area contributed by atoms with Gasteiger partial charge in [-0.25, -0.2) is 0 Å². The summed E-state index contributed by atoms with van der Waals surface area (Å²) in [6.45, 7) is 20.1. The van der Waals surface area contributed by atoms with Crippen molar-refractivity contribution in [1.82, 2.24) is 0 Å². The summed E-state index contributed by atoms with van der Waals surface area (Å²) in [4.78, 5) is 9.64. The van der Waals surface area contributed by atoms with Crippen LogP contribution in [0.5, 0.6) is 0 Å². The minimum absolute atomic E-state index is 0.590. The van der Waals surface area contributed by atoms with E-state index in [9.17, 15) is 0 Å². The first-order valence-electron chi connectivity index (χ1n) is 10.4. The molecule has 2 nitrogen and oxygen atoms in total. The topological polar surface area (TPSA) is 24.7 Å². The molecule has 0 N–H and O–H groups in total. The van der Waals surface area contributed by atoms with Crippen molar-refractivity contribution in [3.63, 3.8) is 0 Å². The van der Waals surface area contributed by atoms with Crippen molar-refractivity contribution in [2.45, 2.75) is 93.9 Å². The van der Waals surface area contributed by atoms with Crippen LogP contribution in [0.1, 0.15) is 93.9 Å². The molecule has 0 aromatic heterocycles. The Morgan fingerprint density at radius 1 is 0.458 bits per heavy atom. The van der Waals surface area contributed by atoms with Crippen LogP contribution in [0.2, 0.25) is 0 Å². The van der Waals surface area contributed by atoms with Crippen molar-refractivity contribution in [3.8, 4) is 0 Å². The van der Waals surface area contributed by atoms with Gasteiger partial charge in [0.15, 0.2) is 0 Å². The molecule has 0 saturated heterocycles. The fourth-order valence-electron chi connectivity index (χ4n) is 3.41. The third-order valence-corrected chi connectivity index (χ3v) is 4.52. The lowest BCUT2D eigenvalue weighted by molar-refractivity contribution is 0.598. The molecule has 0 aliphatic carbocycles. The summed E-state index contributed by atoms with van der Waals surface area (Å²) < 4.78 is 0. The molecule has 0 amide bonds. The summed E-state index contributed by atoms with van der Waals surface area (Å²) in [7, 11) is 0. The number of hydrogen-bond donors (Lipinski definition) is 0. The minimum atomic E-state index is 0.590. The van der Waals surface area contributed by atoms with Gasteiger partial charge in [0.1, 0.15) is 0 Å². The van der Waals surface area contributed by atoms with E-state index in [0.29, 0.717) is 23.7 Å². The molecule has 0 unspecified atom stereocenters. The maximum absolute atomic E-state index is 4.82. The number of rotatable bonds is 13. The van der Waals surface area contributed by atoms with Crippen molar-refractivity contribution in [3.05, 3.63) is 0 Å². The molecule has 0 spiro atoms. The Labute approximate surface area is 152 Å². The third-order valence-electron chi connectivity index (χ3n) is 4.52. The molecule has 0 aromatic carbocycles. The molecule has 0 heterocycles. The summed E-state index contributed by atoms with van der Waals surface area (Å²) in [6.07, 6.45) is 7.81. The molecule has 0 radical (unpaired) electrons. The van der Waals surface area contributed by atoms with Gasteiger partial charge in [0, 0.05) is 24.5 Å². The zero-order chi connectivity index (χ0) is 18.5. The van der Waals surface area contributed by atoms with Crippen molar-refractivity contribution >= 4 is 11.4 Å². The monoisotopic (exact) mass is 336 g/mol. The maximum atomic E-state index is 4.82. The van der Waals surface area contributed by atoms with Gasteiger partial charge < -0.3 is 0 Å². The van der Waals surface area contributed by atoms with Crippen LogP contribution in [-0.4, -0.2) is 24.5 Å². The molecule has 0 fully saturated rings. The van der Waals surface area contributed by atoms with E-state index < -0.39 is 0 Å². The molecule has 0 rings (SSSR count). The molecule has 2 heteroatoms. The molecule has 0 bridgehead atoms. The number of nitrogens with zero attached hydrogens (tertiary/aromatic N) is 2. The van der Waals surface area contributed by atoms with Gasteiger partial charge in [-0.3, -0.25) is 9.98 Å². The quantitative estimate of drug-likeness (QED) is 0.260. The molecule has 0 aliphatic heterocycles. The number of hydrogen-bond acceptors (Lipinski definition) is 2. The first-order valence-corrected chi connectivity index (χ1v) is 10.4. The second-order valence-electron chi connectivity index (χ2n) is 8.35.